The zero-order chi connectivity index (χ0) is 38.4. The Morgan fingerprint density at radius 2 is 1.65 bits per heavy atom. The maximum atomic E-state index is 14.3. The summed E-state index contributed by atoms with van der Waals surface area (Å²) in [4.78, 5) is 64.6. The highest BCUT2D eigenvalue weighted by molar-refractivity contribution is 8.12. The molecule has 2 fully saturated rings. The molecule has 0 bridgehead atoms. The maximum absolute atomic E-state index is 14.3. The number of nitrogens with two attached hydrogens (primary N) is 1. The van der Waals surface area contributed by atoms with Gasteiger partial charge in [0.1, 0.15) is 18.7 Å². The van der Waals surface area contributed by atoms with E-state index < -0.39 is 47.3 Å². The molecule has 1 aliphatic heterocycles. The number of ether oxygens (including phenoxy) is 1. The fraction of sp³-hybridized carbons (Fsp3) is 0.703. The zero-order valence-corrected chi connectivity index (χ0v) is 31.6. The van der Waals surface area contributed by atoms with Crippen molar-refractivity contribution in [2.24, 2.45) is 29.4 Å². The van der Waals surface area contributed by atoms with Gasteiger partial charge in [0.05, 0.1) is 6.04 Å². The van der Waals surface area contributed by atoms with Crippen molar-refractivity contribution in [1.29, 1.82) is 0 Å². The number of nitrogens with one attached hydrogen (secondary N) is 3. The summed E-state index contributed by atoms with van der Waals surface area (Å²) in [6.07, 6.45) is 2.16. The number of amides is 4. The van der Waals surface area contributed by atoms with Gasteiger partial charge in [-0.3, -0.25) is 29.4 Å². The molecule has 1 aromatic rings. The van der Waals surface area contributed by atoms with Crippen molar-refractivity contribution < 1.29 is 41.9 Å². The predicted octanol–water partition coefficient (Wildman–Crippen LogP) is 6.16. The molecule has 0 unspecified atom stereocenters. The number of anilines is 1. The van der Waals surface area contributed by atoms with Crippen LogP contribution in [0.2, 0.25) is 0 Å². The summed E-state index contributed by atoms with van der Waals surface area (Å²) in [7, 11) is 0. The van der Waals surface area contributed by atoms with Gasteiger partial charge in [0.25, 0.3) is 0 Å². The first kappa shape index (κ1) is 43.2. The Morgan fingerprint density at radius 3 is 2.21 bits per heavy atom. The van der Waals surface area contributed by atoms with Crippen LogP contribution in [0.5, 0.6) is 0 Å². The van der Waals surface area contributed by atoms with Crippen LogP contribution in [-0.4, -0.2) is 77.5 Å². The van der Waals surface area contributed by atoms with Crippen molar-refractivity contribution in [3.05, 3.63) is 29.8 Å². The Labute approximate surface area is 309 Å². The standard InChI is InChI=1S/C37H56F3N5O6S/c1-5-27-20-31(46)45(35(27)49)18-8-6-7-9-30(37(38,39)40)44-32(23(2)3)34(48)43-29(19-24-10-12-25(21-41)13-11-24)33(47)42-28-16-14-26(15-17-28)22-51-36(50)52-4/h14-17,23-25,27,29-30,32,44H,5-13,18-22,41H2,1-4H3,(H,42,47)(H,43,48)/t24?,25?,27-,29-,30+,32-/m0/s1. The number of benzene rings is 1. The van der Waals surface area contributed by atoms with Crippen LogP contribution in [-0.2, 0) is 30.5 Å². The minimum Gasteiger partial charge on any atom is -0.453 e. The molecule has 1 saturated carbocycles. The largest absolute Gasteiger partial charge is 0.453 e. The minimum atomic E-state index is -4.64. The lowest BCUT2D eigenvalue weighted by Crippen LogP contribution is -2.58. The van der Waals surface area contributed by atoms with Gasteiger partial charge in [0.2, 0.25) is 23.6 Å². The lowest BCUT2D eigenvalue weighted by Gasteiger charge is -2.33. The Bertz CT molecular complexity index is 1340. The number of alkyl halides is 3. The van der Waals surface area contributed by atoms with Gasteiger partial charge in [0, 0.05) is 24.6 Å². The average Bonchev–Trinajstić information content (AvgIpc) is 3.39. The van der Waals surface area contributed by atoms with Crippen LogP contribution in [0, 0.1) is 23.7 Å². The first-order valence-corrected chi connectivity index (χ1v) is 19.7. The fourth-order valence-electron chi connectivity index (χ4n) is 6.87. The van der Waals surface area contributed by atoms with Crippen molar-refractivity contribution in [3.8, 4) is 0 Å². The molecule has 3 rings (SSSR count). The SMILES string of the molecule is CC[C@H]1CC(=O)N(CCCCC[C@@H](N[C@H](C(=O)N[C@@H](CC2CCC(CN)CC2)C(=O)Nc2ccc(COC(=O)SC)cc2)C(C)C)C(F)(F)F)C1=O. The van der Waals surface area contributed by atoms with Crippen molar-refractivity contribution in [2.45, 2.75) is 122 Å². The van der Waals surface area contributed by atoms with E-state index in [0.29, 0.717) is 49.4 Å². The molecular formula is C37H56F3N5O6S. The third-order valence-corrected chi connectivity index (χ3v) is 10.6. The highest BCUT2D eigenvalue weighted by Gasteiger charge is 2.42. The molecule has 52 heavy (non-hydrogen) atoms. The number of imide groups is 1. The van der Waals surface area contributed by atoms with Crippen LogP contribution >= 0.6 is 11.8 Å². The van der Waals surface area contributed by atoms with Crippen LogP contribution in [0.25, 0.3) is 0 Å². The van der Waals surface area contributed by atoms with Crippen LogP contribution in [0.3, 0.4) is 0 Å². The van der Waals surface area contributed by atoms with Gasteiger partial charge in [-0.05, 0) is 98.5 Å². The predicted molar refractivity (Wildman–Crippen MR) is 195 cm³/mol. The Kier molecular flexibility index (Phi) is 17.4. The van der Waals surface area contributed by atoms with E-state index in [0.717, 1.165) is 37.4 Å². The summed E-state index contributed by atoms with van der Waals surface area (Å²) in [5.41, 5.74) is 7.03. The van der Waals surface area contributed by atoms with E-state index in [1.165, 1.54) is 4.90 Å². The number of carbonyl (C=O) groups is 5. The molecule has 15 heteroatoms. The number of likely N-dealkylation sites (tertiary alicyclic amines) is 1. The third-order valence-electron chi connectivity index (χ3n) is 10.2. The van der Waals surface area contributed by atoms with E-state index in [9.17, 15) is 37.1 Å². The lowest BCUT2D eigenvalue weighted by atomic mass is 9.79. The Balaban J connectivity index is 1.65. The minimum absolute atomic E-state index is 0.0701. The Hall–Kier alpha value is -3.17. The summed E-state index contributed by atoms with van der Waals surface area (Å²) in [6, 6.07) is 2.51. The van der Waals surface area contributed by atoms with Crippen molar-refractivity contribution in [3.63, 3.8) is 0 Å². The number of thioether (sulfide) groups is 1. The number of halogens is 3. The smallest absolute Gasteiger partial charge is 0.403 e. The molecule has 0 aromatic heterocycles. The van der Waals surface area contributed by atoms with Crippen molar-refractivity contribution >= 4 is 46.4 Å². The van der Waals surface area contributed by atoms with Crippen LogP contribution in [0.1, 0.15) is 97.0 Å². The molecule has 2 aliphatic rings. The van der Waals surface area contributed by atoms with E-state index in [4.69, 9.17) is 10.5 Å². The quantitative estimate of drug-likeness (QED) is 0.0738. The van der Waals surface area contributed by atoms with E-state index >= 15 is 0 Å². The van der Waals surface area contributed by atoms with Crippen LogP contribution in [0.15, 0.2) is 24.3 Å². The molecule has 292 valence electrons. The monoisotopic (exact) mass is 755 g/mol. The maximum Gasteiger partial charge on any atom is 0.403 e. The molecule has 1 saturated heterocycles. The molecule has 4 amide bonds. The highest BCUT2D eigenvalue weighted by Crippen LogP contribution is 2.32. The molecule has 4 atom stereocenters. The molecule has 11 nitrogen and oxygen atoms in total. The van der Waals surface area contributed by atoms with E-state index in [1.807, 2.05) is 6.92 Å². The van der Waals surface area contributed by atoms with E-state index in [2.05, 4.69) is 16.0 Å². The number of carbonyl (C=O) groups excluding carboxylic acids is 5. The number of hydrogen-bond donors (Lipinski definition) is 4. The average molecular weight is 756 g/mol. The van der Waals surface area contributed by atoms with E-state index in [1.54, 1.807) is 44.4 Å². The normalized spacial score (nSPS) is 21.2. The first-order chi connectivity index (χ1) is 24.7. The number of nitrogens with zero attached hydrogens (tertiary/aromatic N) is 1. The molecule has 0 spiro atoms. The number of rotatable bonds is 19. The van der Waals surface area contributed by atoms with Crippen LogP contribution < -0.4 is 21.7 Å². The molecule has 5 N–H and O–H groups in total. The first-order valence-electron chi connectivity index (χ1n) is 18.4. The van der Waals surface area contributed by atoms with Crippen molar-refractivity contribution in [2.75, 3.05) is 24.7 Å². The second-order valence-electron chi connectivity index (χ2n) is 14.4. The van der Waals surface area contributed by atoms with Gasteiger partial charge in [0.15, 0.2) is 0 Å². The lowest BCUT2D eigenvalue weighted by molar-refractivity contribution is -0.161. The third kappa shape index (κ3) is 13.4. The zero-order valence-electron chi connectivity index (χ0n) is 30.8. The highest BCUT2D eigenvalue weighted by atomic mass is 32.2. The Morgan fingerprint density at radius 1 is 1.00 bits per heavy atom. The van der Waals surface area contributed by atoms with Gasteiger partial charge in [-0.2, -0.15) is 13.2 Å². The fourth-order valence-corrected chi connectivity index (χ4v) is 7.05. The molecule has 0 radical (unpaired) electrons. The van der Waals surface area contributed by atoms with Crippen LogP contribution in [0.4, 0.5) is 23.7 Å². The van der Waals surface area contributed by atoms with Gasteiger partial charge in [-0.15, -0.1) is 0 Å². The topological polar surface area (TPSA) is 160 Å². The molecule has 1 heterocycles. The second kappa shape index (κ2) is 20.9. The van der Waals surface area contributed by atoms with Crippen molar-refractivity contribution in [1.82, 2.24) is 15.5 Å². The summed E-state index contributed by atoms with van der Waals surface area (Å²) in [6.45, 7) is 5.98. The van der Waals surface area contributed by atoms with Gasteiger partial charge >= 0.3 is 11.5 Å². The molecular weight excluding hydrogens is 699 g/mol. The van der Waals surface area contributed by atoms with Gasteiger partial charge in [-0.25, -0.2) is 4.79 Å². The second-order valence-corrected chi connectivity index (χ2v) is 15.1. The summed E-state index contributed by atoms with van der Waals surface area (Å²) < 4.78 is 48.0. The number of hydrogen-bond acceptors (Lipinski definition) is 9. The number of unbranched alkanes of at least 4 members (excludes halogenated alkanes) is 2. The molecule has 1 aromatic carbocycles. The molecule has 1 aliphatic carbocycles. The summed E-state index contributed by atoms with van der Waals surface area (Å²) in [5, 5.41) is 7.76. The van der Waals surface area contributed by atoms with Gasteiger partial charge < -0.3 is 21.1 Å². The summed E-state index contributed by atoms with van der Waals surface area (Å²) >= 11 is 0.957. The van der Waals surface area contributed by atoms with Gasteiger partial charge in [-0.1, -0.05) is 58.6 Å². The summed E-state index contributed by atoms with van der Waals surface area (Å²) in [5.74, 6) is -1.95. The van der Waals surface area contributed by atoms with E-state index in [-0.39, 0.29) is 56.1 Å².